The minimum atomic E-state index is -1.10. The van der Waals surface area contributed by atoms with Gasteiger partial charge in [-0.3, -0.25) is 34.2 Å². The molecule has 3 rings (SSSR count). The van der Waals surface area contributed by atoms with E-state index in [2.05, 4.69) is 16.6 Å². The minimum absolute atomic E-state index is 0.0109. The summed E-state index contributed by atoms with van der Waals surface area (Å²) in [7, 11) is 0. The molecule has 15 nitrogen and oxygen atoms in total. The molecule has 5 amide bonds. The summed E-state index contributed by atoms with van der Waals surface area (Å²) in [4.78, 5) is 63.0. The number of rotatable bonds is 23. The van der Waals surface area contributed by atoms with Gasteiger partial charge < -0.3 is 38.5 Å². The molecule has 0 spiro atoms. The summed E-state index contributed by atoms with van der Waals surface area (Å²) in [6, 6.07) is 3.35. The lowest BCUT2D eigenvalue weighted by Crippen LogP contribution is -2.54. The fourth-order valence-electron chi connectivity index (χ4n) is 4.32. The van der Waals surface area contributed by atoms with E-state index in [0.717, 1.165) is 4.90 Å². The van der Waals surface area contributed by atoms with Crippen LogP contribution in [0.2, 0.25) is 0 Å². The Bertz CT molecular complexity index is 1200. The predicted octanol–water partition coefficient (Wildman–Crippen LogP) is -0.224. The van der Waals surface area contributed by atoms with Gasteiger partial charge in [0.1, 0.15) is 19.3 Å². The second-order valence-electron chi connectivity index (χ2n) is 9.59. The van der Waals surface area contributed by atoms with Crippen LogP contribution in [-0.4, -0.2) is 133 Å². The zero-order chi connectivity index (χ0) is 32.3. The van der Waals surface area contributed by atoms with Crippen LogP contribution in [0.1, 0.15) is 33.6 Å². The Kier molecular flexibility index (Phi) is 16.1. The third-order valence-electron chi connectivity index (χ3n) is 6.39. The average molecular weight is 634 g/mol. The normalized spacial score (nSPS) is 16.1. The first-order valence-electron chi connectivity index (χ1n) is 14.6. The minimum Gasteiger partial charge on any atom is -0.377 e. The summed E-state index contributed by atoms with van der Waals surface area (Å²) in [5.41, 5.74) is 0.183. The van der Waals surface area contributed by atoms with E-state index >= 15 is 0 Å². The van der Waals surface area contributed by atoms with Gasteiger partial charge in [0.2, 0.25) is 17.7 Å². The summed E-state index contributed by atoms with van der Waals surface area (Å²) in [5.74, 6) is -0.701. The molecule has 2 aliphatic rings. The molecule has 2 aliphatic heterocycles. The Hall–Kier alpha value is -3.75. The van der Waals surface area contributed by atoms with Crippen LogP contribution in [0.5, 0.6) is 0 Å². The van der Waals surface area contributed by atoms with Gasteiger partial charge in [-0.25, -0.2) is 0 Å². The molecule has 45 heavy (non-hydrogen) atoms. The van der Waals surface area contributed by atoms with Gasteiger partial charge in [0.15, 0.2) is 0 Å². The number of hydrogen-bond donors (Lipinski definition) is 2. The van der Waals surface area contributed by atoms with Crippen molar-refractivity contribution >= 4 is 35.2 Å². The van der Waals surface area contributed by atoms with Crippen LogP contribution in [0.25, 0.3) is 0 Å². The fourth-order valence-corrected chi connectivity index (χ4v) is 4.32. The molecule has 0 bridgehead atoms. The van der Waals surface area contributed by atoms with Crippen molar-refractivity contribution in [3.8, 4) is 12.3 Å². The molecule has 2 N–H and O–H groups in total. The topological polar surface area (TPSA) is 177 Å². The lowest BCUT2D eigenvalue weighted by atomic mass is 10.0. The number of carbonyl (C=O) groups is 5. The number of terminal acetylenes is 1. The molecular formula is C30H39N3O12. The van der Waals surface area contributed by atoms with E-state index in [1.54, 1.807) is 0 Å². The number of nitrogens with zero attached hydrogens (tertiary/aromatic N) is 1. The molecule has 246 valence electrons. The molecular weight excluding hydrogens is 594 g/mol. The number of fused-ring (bicyclic) bond motifs is 1. The second kappa shape index (κ2) is 20.3. The summed E-state index contributed by atoms with van der Waals surface area (Å²) in [6.07, 6.45) is 5.12. The average Bonchev–Trinajstić information content (AvgIpc) is 3.27. The van der Waals surface area contributed by atoms with Crippen LogP contribution in [-0.2, 0) is 47.5 Å². The van der Waals surface area contributed by atoms with Gasteiger partial charge in [-0.2, -0.15) is 0 Å². The number of anilines is 1. The Morgan fingerprint density at radius 2 is 1.33 bits per heavy atom. The Morgan fingerprint density at radius 3 is 1.87 bits per heavy atom. The molecule has 1 aromatic carbocycles. The van der Waals surface area contributed by atoms with Crippen molar-refractivity contribution in [2.24, 2.45) is 0 Å². The number of benzene rings is 1. The number of ether oxygens (including phenoxy) is 7. The highest BCUT2D eigenvalue weighted by molar-refractivity contribution is 6.26. The highest BCUT2D eigenvalue weighted by atomic mass is 16.6. The van der Waals surface area contributed by atoms with Gasteiger partial charge in [-0.15, -0.1) is 6.42 Å². The zero-order valence-corrected chi connectivity index (χ0v) is 25.0. The van der Waals surface area contributed by atoms with Crippen molar-refractivity contribution < 1.29 is 57.1 Å². The molecule has 1 unspecified atom stereocenters. The maximum atomic E-state index is 13.1. The SMILES string of the molecule is C#CCOCCOCCOCCOCCOCCOCCOCC(=O)Nc1cccc2c1C(=O)N(C1CCC(=O)NC1=O)C2=O. The Balaban J connectivity index is 1.18. The maximum absolute atomic E-state index is 13.1. The van der Waals surface area contributed by atoms with Crippen molar-refractivity contribution in [3.05, 3.63) is 29.3 Å². The number of imide groups is 2. The fraction of sp³-hybridized carbons (Fsp3) is 0.567. The van der Waals surface area contributed by atoms with Gasteiger partial charge in [0, 0.05) is 6.42 Å². The van der Waals surface area contributed by atoms with Crippen LogP contribution in [0.4, 0.5) is 5.69 Å². The van der Waals surface area contributed by atoms with Crippen LogP contribution in [0.15, 0.2) is 18.2 Å². The van der Waals surface area contributed by atoms with E-state index < -0.39 is 35.6 Å². The molecule has 1 fully saturated rings. The van der Waals surface area contributed by atoms with Gasteiger partial charge in [0.25, 0.3) is 11.8 Å². The standard InChI is InChI=1S/C30H39N3O12/c1-2-8-39-9-10-40-11-12-41-13-14-42-15-16-43-17-18-44-19-20-45-21-26(35)31-23-5-3-4-22-27(23)30(38)33(29(22)37)24-6-7-25(34)32-28(24)36/h1,3-5,24H,6-21H2,(H,31,35)(H,32,34,36). The molecule has 2 heterocycles. The first kappa shape index (κ1) is 35.7. The number of nitrogens with one attached hydrogen (secondary N) is 2. The number of hydrogen-bond acceptors (Lipinski definition) is 12. The smallest absolute Gasteiger partial charge is 0.264 e. The van der Waals surface area contributed by atoms with Crippen LogP contribution < -0.4 is 10.6 Å². The van der Waals surface area contributed by atoms with E-state index in [1.165, 1.54) is 18.2 Å². The number of carbonyl (C=O) groups excluding carboxylic acids is 5. The Morgan fingerprint density at radius 1 is 0.800 bits per heavy atom. The molecule has 0 aromatic heterocycles. The monoisotopic (exact) mass is 633 g/mol. The van der Waals surface area contributed by atoms with Gasteiger partial charge in [-0.05, 0) is 18.6 Å². The van der Waals surface area contributed by atoms with Crippen LogP contribution in [0.3, 0.4) is 0 Å². The summed E-state index contributed by atoms with van der Waals surface area (Å²) >= 11 is 0. The van der Waals surface area contributed by atoms with Crippen molar-refractivity contribution in [1.29, 1.82) is 0 Å². The van der Waals surface area contributed by atoms with Gasteiger partial charge in [0.05, 0.1) is 96.1 Å². The van der Waals surface area contributed by atoms with Gasteiger partial charge in [-0.1, -0.05) is 12.0 Å². The van der Waals surface area contributed by atoms with Crippen LogP contribution in [0, 0.1) is 12.3 Å². The second-order valence-corrected chi connectivity index (χ2v) is 9.59. The highest BCUT2D eigenvalue weighted by Crippen LogP contribution is 2.32. The Labute approximate surface area is 261 Å². The van der Waals surface area contributed by atoms with Gasteiger partial charge >= 0.3 is 0 Å². The number of piperidine rings is 1. The highest BCUT2D eigenvalue weighted by Gasteiger charge is 2.45. The van der Waals surface area contributed by atoms with Crippen molar-refractivity contribution in [3.63, 3.8) is 0 Å². The van der Waals surface area contributed by atoms with Crippen molar-refractivity contribution in [2.75, 3.05) is 97.8 Å². The van der Waals surface area contributed by atoms with Crippen LogP contribution >= 0.6 is 0 Å². The molecule has 15 heteroatoms. The van der Waals surface area contributed by atoms with E-state index in [-0.39, 0.29) is 56.1 Å². The first-order valence-corrected chi connectivity index (χ1v) is 14.6. The molecule has 0 radical (unpaired) electrons. The third kappa shape index (κ3) is 11.9. The molecule has 1 atom stereocenters. The van der Waals surface area contributed by atoms with E-state index in [1.807, 2.05) is 0 Å². The largest absolute Gasteiger partial charge is 0.377 e. The zero-order valence-electron chi connectivity index (χ0n) is 25.0. The molecule has 1 saturated heterocycles. The molecule has 0 aliphatic carbocycles. The first-order chi connectivity index (χ1) is 21.9. The van der Waals surface area contributed by atoms with Crippen molar-refractivity contribution in [1.82, 2.24) is 10.2 Å². The third-order valence-corrected chi connectivity index (χ3v) is 6.39. The predicted molar refractivity (Wildman–Crippen MR) is 156 cm³/mol. The summed E-state index contributed by atoms with van der Waals surface area (Å²) < 4.78 is 37.4. The lowest BCUT2D eigenvalue weighted by molar-refractivity contribution is -0.136. The summed E-state index contributed by atoms with van der Waals surface area (Å²) in [5, 5.41) is 4.73. The van der Waals surface area contributed by atoms with E-state index in [9.17, 15) is 24.0 Å². The number of amides is 5. The van der Waals surface area contributed by atoms with E-state index in [0.29, 0.717) is 66.1 Å². The summed E-state index contributed by atoms with van der Waals surface area (Å²) in [6.45, 7) is 4.63. The van der Waals surface area contributed by atoms with Crippen molar-refractivity contribution in [2.45, 2.75) is 18.9 Å². The maximum Gasteiger partial charge on any atom is 0.264 e. The molecule has 1 aromatic rings. The molecule has 0 saturated carbocycles. The quantitative estimate of drug-likeness (QED) is 0.0921. The lowest BCUT2D eigenvalue weighted by Gasteiger charge is -2.27. The van der Waals surface area contributed by atoms with E-state index in [4.69, 9.17) is 39.6 Å².